The molecule has 4 aromatic rings. The van der Waals surface area contributed by atoms with Crippen molar-refractivity contribution < 1.29 is 26.0 Å². The average molecular weight is 477 g/mol. The highest BCUT2D eigenvalue weighted by Crippen LogP contribution is 2.31. The number of benzene rings is 2. The average Bonchev–Trinajstić information content (AvgIpc) is 2.79. The predicted molar refractivity (Wildman–Crippen MR) is 113 cm³/mol. The van der Waals surface area contributed by atoms with E-state index in [1.54, 1.807) is 0 Å². The van der Waals surface area contributed by atoms with Crippen molar-refractivity contribution in [2.45, 2.75) is 18.0 Å². The Balaban J connectivity index is 1.93. The van der Waals surface area contributed by atoms with Crippen LogP contribution in [0.15, 0.2) is 70.7 Å². The monoisotopic (exact) mass is 477 g/mol. The fourth-order valence-electron chi connectivity index (χ4n) is 3.25. The molecule has 0 saturated carbocycles. The van der Waals surface area contributed by atoms with Gasteiger partial charge in [-0.15, -0.1) is 0 Å². The lowest BCUT2D eigenvalue weighted by molar-refractivity contribution is -0.137. The highest BCUT2D eigenvalue weighted by molar-refractivity contribution is 7.91. The quantitative estimate of drug-likeness (QED) is 0.407. The Hall–Kier alpha value is -3.60. The lowest BCUT2D eigenvalue weighted by Crippen LogP contribution is -2.23. The van der Waals surface area contributed by atoms with E-state index < -0.39 is 33.0 Å². The summed E-state index contributed by atoms with van der Waals surface area (Å²) in [6.07, 6.45) is -2.34. The van der Waals surface area contributed by atoms with Crippen LogP contribution in [0.3, 0.4) is 0 Å². The summed E-state index contributed by atoms with van der Waals surface area (Å²) in [5.41, 5.74) is -1.04. The third kappa shape index (κ3) is 4.23. The first-order chi connectivity index (χ1) is 15.5. The van der Waals surface area contributed by atoms with Crippen molar-refractivity contribution >= 4 is 20.7 Å². The Morgan fingerprint density at radius 1 is 0.970 bits per heavy atom. The summed E-state index contributed by atoms with van der Waals surface area (Å²) >= 11 is 0. The highest BCUT2D eigenvalue weighted by atomic mass is 32.2. The molecule has 0 aliphatic rings. The second-order valence-electron chi connectivity index (χ2n) is 7.11. The standard InChI is InChI=1S/C22H15F4N3O3S/c1-2-33(31,32)19-9-14(13-3-6-16(23)7-4-13)11-27-20(19)29-12-28-18-10-15(22(24,25)26)5-8-17(18)21(29)30/h3-12H,2H2,1H3. The van der Waals surface area contributed by atoms with Gasteiger partial charge in [0.05, 0.1) is 22.2 Å². The molecule has 0 bridgehead atoms. The summed E-state index contributed by atoms with van der Waals surface area (Å²) in [5, 5.41) is -0.130. The van der Waals surface area contributed by atoms with Gasteiger partial charge in [-0.05, 0) is 42.0 Å². The zero-order valence-corrected chi connectivity index (χ0v) is 17.8. The largest absolute Gasteiger partial charge is 0.416 e. The molecule has 0 aliphatic carbocycles. The van der Waals surface area contributed by atoms with Crippen molar-refractivity contribution in [2.75, 3.05) is 5.75 Å². The molecule has 0 saturated heterocycles. The van der Waals surface area contributed by atoms with Crippen LogP contribution in [0.25, 0.3) is 27.8 Å². The van der Waals surface area contributed by atoms with Crippen LogP contribution < -0.4 is 5.56 Å². The van der Waals surface area contributed by atoms with Crippen LogP contribution in [-0.4, -0.2) is 28.7 Å². The normalized spacial score (nSPS) is 12.3. The van der Waals surface area contributed by atoms with Gasteiger partial charge in [-0.1, -0.05) is 19.1 Å². The van der Waals surface area contributed by atoms with Gasteiger partial charge in [0.25, 0.3) is 5.56 Å². The van der Waals surface area contributed by atoms with E-state index in [-0.39, 0.29) is 27.4 Å². The molecule has 0 amide bonds. The van der Waals surface area contributed by atoms with Crippen LogP contribution in [0.1, 0.15) is 12.5 Å². The van der Waals surface area contributed by atoms with Gasteiger partial charge in [-0.3, -0.25) is 4.79 Å². The minimum Gasteiger partial charge on any atom is -0.268 e. The van der Waals surface area contributed by atoms with E-state index >= 15 is 0 Å². The van der Waals surface area contributed by atoms with Crippen molar-refractivity contribution in [2.24, 2.45) is 0 Å². The van der Waals surface area contributed by atoms with E-state index in [1.165, 1.54) is 43.5 Å². The number of pyridine rings is 1. The second kappa shape index (κ2) is 8.07. The number of sulfone groups is 1. The third-order valence-electron chi connectivity index (χ3n) is 5.04. The molecule has 0 fully saturated rings. The molecule has 6 nitrogen and oxygen atoms in total. The van der Waals surface area contributed by atoms with Gasteiger partial charge in [0.15, 0.2) is 15.7 Å². The van der Waals surface area contributed by atoms with Gasteiger partial charge >= 0.3 is 6.18 Å². The molecular weight excluding hydrogens is 462 g/mol. The van der Waals surface area contributed by atoms with Crippen molar-refractivity contribution in [1.82, 2.24) is 14.5 Å². The molecule has 0 spiro atoms. The number of hydrogen-bond acceptors (Lipinski definition) is 5. The van der Waals surface area contributed by atoms with Crippen LogP contribution >= 0.6 is 0 Å². The number of fused-ring (bicyclic) bond motifs is 1. The van der Waals surface area contributed by atoms with E-state index in [0.717, 1.165) is 29.1 Å². The maximum atomic E-state index is 13.3. The van der Waals surface area contributed by atoms with E-state index in [1.807, 2.05) is 0 Å². The Kier molecular flexibility index (Phi) is 5.52. The van der Waals surface area contributed by atoms with Gasteiger partial charge in [0.1, 0.15) is 17.0 Å². The van der Waals surface area contributed by atoms with Crippen molar-refractivity contribution in [3.63, 3.8) is 0 Å². The van der Waals surface area contributed by atoms with Crippen LogP contribution in [0.4, 0.5) is 17.6 Å². The maximum absolute atomic E-state index is 13.3. The summed E-state index contributed by atoms with van der Waals surface area (Å²) in [4.78, 5) is 20.8. The molecule has 2 heterocycles. The summed E-state index contributed by atoms with van der Waals surface area (Å²) in [7, 11) is -3.88. The SMILES string of the molecule is CCS(=O)(=O)c1cc(-c2ccc(F)cc2)cnc1-n1cnc2cc(C(F)(F)F)ccc2c1=O. The van der Waals surface area contributed by atoms with E-state index in [0.29, 0.717) is 11.1 Å². The van der Waals surface area contributed by atoms with E-state index in [4.69, 9.17) is 0 Å². The molecule has 33 heavy (non-hydrogen) atoms. The molecule has 170 valence electrons. The van der Waals surface area contributed by atoms with Gasteiger partial charge in [-0.25, -0.2) is 27.3 Å². The zero-order chi connectivity index (χ0) is 24.0. The van der Waals surface area contributed by atoms with Crippen molar-refractivity contribution in [1.29, 1.82) is 0 Å². The van der Waals surface area contributed by atoms with Crippen LogP contribution in [0, 0.1) is 5.82 Å². The van der Waals surface area contributed by atoms with Gasteiger partial charge in [0.2, 0.25) is 0 Å². The van der Waals surface area contributed by atoms with Gasteiger partial charge in [0, 0.05) is 11.8 Å². The number of nitrogens with zero attached hydrogens (tertiary/aromatic N) is 3. The van der Waals surface area contributed by atoms with Gasteiger partial charge in [-0.2, -0.15) is 13.2 Å². The molecule has 0 atom stereocenters. The fraction of sp³-hybridized carbons (Fsp3) is 0.136. The number of rotatable bonds is 4. The van der Waals surface area contributed by atoms with Crippen LogP contribution in [0.5, 0.6) is 0 Å². The Bertz CT molecular complexity index is 1530. The molecule has 4 rings (SSSR count). The molecule has 0 aliphatic heterocycles. The minimum atomic E-state index is -4.61. The Morgan fingerprint density at radius 3 is 2.30 bits per heavy atom. The van der Waals surface area contributed by atoms with Crippen molar-refractivity contribution in [3.05, 3.63) is 82.8 Å². The highest BCUT2D eigenvalue weighted by Gasteiger charge is 2.31. The molecule has 11 heteroatoms. The first-order valence-electron chi connectivity index (χ1n) is 9.59. The summed E-state index contributed by atoms with van der Waals surface area (Å²) < 4.78 is 78.7. The molecule has 0 radical (unpaired) electrons. The van der Waals surface area contributed by atoms with Crippen molar-refractivity contribution in [3.8, 4) is 16.9 Å². The van der Waals surface area contributed by atoms with Crippen LogP contribution in [-0.2, 0) is 16.0 Å². The van der Waals surface area contributed by atoms with E-state index in [9.17, 15) is 30.8 Å². The van der Waals surface area contributed by atoms with Crippen LogP contribution in [0.2, 0.25) is 0 Å². The molecule has 0 unspecified atom stereocenters. The lowest BCUT2D eigenvalue weighted by atomic mass is 10.1. The van der Waals surface area contributed by atoms with E-state index in [2.05, 4.69) is 9.97 Å². The number of aromatic nitrogens is 3. The Labute approximate surface area is 185 Å². The second-order valence-corrected chi connectivity index (χ2v) is 9.35. The maximum Gasteiger partial charge on any atom is 0.416 e. The molecule has 2 aromatic carbocycles. The summed E-state index contributed by atoms with van der Waals surface area (Å²) in [6.45, 7) is 1.42. The topological polar surface area (TPSA) is 81.9 Å². The molecular formula is C22H15F4N3O3S. The minimum absolute atomic E-state index is 0.130. The first-order valence-corrected chi connectivity index (χ1v) is 11.2. The Morgan fingerprint density at radius 2 is 1.67 bits per heavy atom. The summed E-state index contributed by atoms with van der Waals surface area (Å²) in [5.74, 6) is -0.992. The smallest absolute Gasteiger partial charge is 0.268 e. The third-order valence-corrected chi connectivity index (χ3v) is 6.77. The number of halogens is 4. The first kappa shape index (κ1) is 22.6. The fourth-order valence-corrected chi connectivity index (χ4v) is 4.30. The number of hydrogen-bond donors (Lipinski definition) is 0. The molecule has 2 aromatic heterocycles. The predicted octanol–water partition coefficient (Wildman–Crippen LogP) is 4.40. The van der Waals surface area contributed by atoms with Gasteiger partial charge < -0.3 is 0 Å². The lowest BCUT2D eigenvalue weighted by Gasteiger charge is -2.13. The summed E-state index contributed by atoms with van der Waals surface area (Å²) in [6, 6.07) is 9.14. The number of alkyl halides is 3. The zero-order valence-electron chi connectivity index (χ0n) is 17.0. The molecule has 0 N–H and O–H groups in total.